The van der Waals surface area contributed by atoms with Crippen molar-refractivity contribution in [3.63, 3.8) is 0 Å². The third-order valence-electron chi connectivity index (χ3n) is 4.10. The molecule has 116 valence electrons. The van der Waals surface area contributed by atoms with Gasteiger partial charge in [0.1, 0.15) is 0 Å². The van der Waals surface area contributed by atoms with Gasteiger partial charge in [-0.2, -0.15) is 0 Å². The molecule has 4 heteroatoms. The van der Waals surface area contributed by atoms with E-state index in [9.17, 15) is 4.79 Å². The van der Waals surface area contributed by atoms with Crippen molar-refractivity contribution in [1.29, 1.82) is 0 Å². The van der Waals surface area contributed by atoms with Crippen molar-refractivity contribution in [1.82, 2.24) is 9.80 Å². The first-order valence-corrected chi connectivity index (χ1v) is 8.54. The van der Waals surface area contributed by atoms with E-state index in [0.717, 1.165) is 54.2 Å². The zero-order valence-corrected chi connectivity index (χ0v) is 14.8. The fraction of sp³-hybridized carbons (Fsp3) is 0.588. The second-order valence-corrected chi connectivity index (χ2v) is 7.13. The summed E-state index contributed by atoms with van der Waals surface area (Å²) in [4.78, 5) is 17.0. The van der Waals surface area contributed by atoms with Gasteiger partial charge in [-0.1, -0.05) is 35.8 Å². The van der Waals surface area contributed by atoms with Crippen LogP contribution in [0.3, 0.4) is 0 Å². The predicted molar refractivity (Wildman–Crippen MR) is 90.7 cm³/mol. The lowest BCUT2D eigenvalue weighted by molar-refractivity contribution is 0.0632. The van der Waals surface area contributed by atoms with Crippen LogP contribution in [0.15, 0.2) is 22.7 Å². The molecule has 1 saturated heterocycles. The van der Waals surface area contributed by atoms with E-state index < -0.39 is 0 Å². The molecule has 3 nitrogen and oxygen atoms in total. The number of benzene rings is 1. The highest BCUT2D eigenvalue weighted by Gasteiger charge is 2.22. The van der Waals surface area contributed by atoms with E-state index in [1.807, 2.05) is 30.0 Å². The molecule has 0 unspecified atom stereocenters. The number of nitrogens with zero attached hydrogens (tertiary/aromatic N) is 2. The summed E-state index contributed by atoms with van der Waals surface area (Å²) in [6.07, 6.45) is 1.23. The molecule has 0 saturated carbocycles. The van der Waals surface area contributed by atoms with Gasteiger partial charge in [-0.3, -0.25) is 9.69 Å². The number of aryl methyl sites for hydroxylation is 1. The van der Waals surface area contributed by atoms with Crippen LogP contribution in [0.4, 0.5) is 0 Å². The van der Waals surface area contributed by atoms with Gasteiger partial charge >= 0.3 is 0 Å². The SMILES string of the molecule is Cc1ccc(C(=O)N2CCN(CCC(C)C)CC2)cc1Br. The van der Waals surface area contributed by atoms with Gasteiger partial charge in [0.15, 0.2) is 0 Å². The van der Waals surface area contributed by atoms with Crippen molar-refractivity contribution in [3.05, 3.63) is 33.8 Å². The van der Waals surface area contributed by atoms with Gasteiger partial charge in [0, 0.05) is 36.2 Å². The quantitative estimate of drug-likeness (QED) is 0.826. The summed E-state index contributed by atoms with van der Waals surface area (Å²) in [5.41, 5.74) is 1.94. The summed E-state index contributed by atoms with van der Waals surface area (Å²) in [5, 5.41) is 0. The average Bonchev–Trinajstić information content (AvgIpc) is 2.48. The molecule has 1 amide bonds. The molecule has 0 aromatic heterocycles. The van der Waals surface area contributed by atoms with Crippen LogP contribution in [0.2, 0.25) is 0 Å². The van der Waals surface area contributed by atoms with Crippen LogP contribution in [0, 0.1) is 12.8 Å². The molecule has 21 heavy (non-hydrogen) atoms. The molecular formula is C17H25BrN2O. The summed E-state index contributed by atoms with van der Waals surface area (Å²) in [5.74, 6) is 0.897. The van der Waals surface area contributed by atoms with Crippen LogP contribution in [0.5, 0.6) is 0 Å². The monoisotopic (exact) mass is 352 g/mol. The largest absolute Gasteiger partial charge is 0.336 e. The molecule has 1 aliphatic rings. The summed E-state index contributed by atoms with van der Waals surface area (Å²) < 4.78 is 1.00. The van der Waals surface area contributed by atoms with E-state index in [2.05, 4.69) is 34.7 Å². The topological polar surface area (TPSA) is 23.6 Å². The molecule has 1 heterocycles. The maximum Gasteiger partial charge on any atom is 0.253 e. The van der Waals surface area contributed by atoms with Crippen LogP contribution in [-0.2, 0) is 0 Å². The molecule has 2 rings (SSSR count). The van der Waals surface area contributed by atoms with Gasteiger partial charge in [0.25, 0.3) is 5.91 Å². The van der Waals surface area contributed by atoms with E-state index in [0.29, 0.717) is 0 Å². The maximum atomic E-state index is 12.5. The minimum absolute atomic E-state index is 0.152. The van der Waals surface area contributed by atoms with E-state index in [1.54, 1.807) is 0 Å². The first kappa shape index (κ1) is 16.5. The standard InChI is InChI=1S/C17H25BrN2O/c1-13(2)6-7-19-8-10-20(11-9-19)17(21)15-5-4-14(3)16(18)12-15/h4-5,12-13H,6-11H2,1-3H3. The molecule has 1 aromatic carbocycles. The molecule has 1 aromatic rings. The first-order chi connectivity index (χ1) is 9.97. The zero-order valence-electron chi connectivity index (χ0n) is 13.2. The molecule has 0 N–H and O–H groups in total. The van der Waals surface area contributed by atoms with Crippen LogP contribution in [0.1, 0.15) is 36.2 Å². The Bertz CT molecular complexity index is 494. The first-order valence-electron chi connectivity index (χ1n) is 7.75. The fourth-order valence-electron chi connectivity index (χ4n) is 2.52. The van der Waals surface area contributed by atoms with Crippen LogP contribution in [-0.4, -0.2) is 48.4 Å². The minimum Gasteiger partial charge on any atom is -0.336 e. The number of piperazine rings is 1. The van der Waals surface area contributed by atoms with Crippen LogP contribution >= 0.6 is 15.9 Å². The summed E-state index contributed by atoms with van der Waals surface area (Å²) in [6.45, 7) is 11.4. The highest BCUT2D eigenvalue weighted by atomic mass is 79.9. The van der Waals surface area contributed by atoms with Gasteiger partial charge in [-0.25, -0.2) is 0 Å². The summed E-state index contributed by atoms with van der Waals surface area (Å²) in [7, 11) is 0. The Morgan fingerprint density at radius 2 is 1.90 bits per heavy atom. The van der Waals surface area contributed by atoms with Crippen LogP contribution < -0.4 is 0 Å². The lowest BCUT2D eigenvalue weighted by Crippen LogP contribution is -2.49. The molecule has 1 fully saturated rings. The Hall–Kier alpha value is -0.870. The highest BCUT2D eigenvalue weighted by Crippen LogP contribution is 2.19. The van der Waals surface area contributed by atoms with Crippen molar-refractivity contribution in [3.8, 4) is 0 Å². The van der Waals surface area contributed by atoms with Gasteiger partial charge < -0.3 is 4.90 Å². The number of carbonyl (C=O) groups excluding carboxylic acids is 1. The lowest BCUT2D eigenvalue weighted by atomic mass is 10.1. The van der Waals surface area contributed by atoms with Gasteiger partial charge in [0.05, 0.1) is 0 Å². The summed E-state index contributed by atoms with van der Waals surface area (Å²) >= 11 is 3.50. The third-order valence-corrected chi connectivity index (χ3v) is 4.96. The minimum atomic E-state index is 0.152. The average molecular weight is 353 g/mol. The van der Waals surface area contributed by atoms with Gasteiger partial charge in [-0.15, -0.1) is 0 Å². The van der Waals surface area contributed by atoms with E-state index in [4.69, 9.17) is 0 Å². The Morgan fingerprint density at radius 3 is 2.48 bits per heavy atom. The number of carbonyl (C=O) groups is 1. The third kappa shape index (κ3) is 4.55. The maximum absolute atomic E-state index is 12.5. The number of rotatable bonds is 4. The molecule has 0 aliphatic carbocycles. The number of halogens is 1. The second-order valence-electron chi connectivity index (χ2n) is 6.28. The lowest BCUT2D eigenvalue weighted by Gasteiger charge is -2.35. The Morgan fingerprint density at radius 1 is 1.24 bits per heavy atom. The molecule has 0 bridgehead atoms. The van der Waals surface area contributed by atoms with E-state index >= 15 is 0 Å². The molecule has 0 radical (unpaired) electrons. The Labute approximate surface area is 136 Å². The molecular weight excluding hydrogens is 328 g/mol. The second kappa shape index (κ2) is 7.41. The number of hydrogen-bond donors (Lipinski definition) is 0. The van der Waals surface area contributed by atoms with Gasteiger partial charge in [-0.05, 0) is 43.5 Å². The molecule has 0 spiro atoms. The van der Waals surface area contributed by atoms with Gasteiger partial charge in [0.2, 0.25) is 0 Å². The highest BCUT2D eigenvalue weighted by molar-refractivity contribution is 9.10. The predicted octanol–water partition coefficient (Wildman–Crippen LogP) is 3.56. The number of hydrogen-bond acceptors (Lipinski definition) is 2. The Balaban J connectivity index is 1.89. The van der Waals surface area contributed by atoms with Crippen molar-refractivity contribution in [2.24, 2.45) is 5.92 Å². The number of amides is 1. The van der Waals surface area contributed by atoms with Crippen LogP contribution in [0.25, 0.3) is 0 Å². The zero-order chi connectivity index (χ0) is 15.4. The van der Waals surface area contributed by atoms with E-state index in [1.165, 1.54) is 6.42 Å². The molecule has 1 aliphatic heterocycles. The fourth-order valence-corrected chi connectivity index (χ4v) is 2.90. The van der Waals surface area contributed by atoms with Crippen molar-refractivity contribution in [2.45, 2.75) is 27.2 Å². The normalized spacial score (nSPS) is 16.5. The molecule has 0 atom stereocenters. The van der Waals surface area contributed by atoms with Crippen molar-refractivity contribution < 1.29 is 4.79 Å². The van der Waals surface area contributed by atoms with Crippen molar-refractivity contribution >= 4 is 21.8 Å². The Kier molecular flexibility index (Phi) is 5.82. The summed E-state index contributed by atoms with van der Waals surface area (Å²) in [6, 6.07) is 5.85. The van der Waals surface area contributed by atoms with E-state index in [-0.39, 0.29) is 5.91 Å². The van der Waals surface area contributed by atoms with Crippen molar-refractivity contribution in [2.75, 3.05) is 32.7 Å². The smallest absolute Gasteiger partial charge is 0.253 e.